The lowest BCUT2D eigenvalue weighted by Crippen LogP contribution is -2.52. The lowest BCUT2D eigenvalue weighted by molar-refractivity contribution is -0.168. The van der Waals surface area contributed by atoms with Gasteiger partial charge in [-0.2, -0.15) is 0 Å². The van der Waals surface area contributed by atoms with Crippen molar-refractivity contribution in [3.63, 3.8) is 0 Å². The number of rotatable bonds is 2. The molecule has 0 unspecified atom stereocenters. The van der Waals surface area contributed by atoms with E-state index in [1.807, 2.05) is 0 Å². The zero-order chi connectivity index (χ0) is 17.5. The molecule has 1 N–H and O–H groups in total. The normalized spacial score (nSPS) is 29.9. The van der Waals surface area contributed by atoms with Gasteiger partial charge >= 0.3 is 18.0 Å². The fourth-order valence-electron chi connectivity index (χ4n) is 3.46. The molecule has 2 aliphatic heterocycles. The maximum Gasteiger partial charge on any atom is 0.410 e. The maximum absolute atomic E-state index is 12.4. The second kappa shape index (κ2) is 5.67. The molecule has 0 saturated carbocycles. The number of hydrogen-bond acceptors (Lipinski definition) is 7. The van der Waals surface area contributed by atoms with Gasteiger partial charge in [-0.25, -0.2) is 4.79 Å². The number of likely N-dealkylation sites (tertiary alicyclic amines) is 1. The van der Waals surface area contributed by atoms with Gasteiger partial charge in [0.05, 0.1) is 14.2 Å². The number of amides is 1. The minimum absolute atomic E-state index is 0.0523. The molecule has 8 heteroatoms. The van der Waals surface area contributed by atoms with Crippen molar-refractivity contribution in [3.8, 4) is 0 Å². The summed E-state index contributed by atoms with van der Waals surface area (Å²) in [6.07, 6.45) is -0.557. The summed E-state index contributed by atoms with van der Waals surface area (Å²) in [5.41, 5.74) is -2.98. The van der Waals surface area contributed by atoms with Gasteiger partial charge in [-0.1, -0.05) is 0 Å². The van der Waals surface area contributed by atoms with E-state index in [2.05, 4.69) is 5.32 Å². The van der Waals surface area contributed by atoms with Crippen molar-refractivity contribution in [1.29, 1.82) is 0 Å². The molecule has 0 aromatic heterocycles. The van der Waals surface area contributed by atoms with Crippen molar-refractivity contribution in [2.24, 2.45) is 10.8 Å². The van der Waals surface area contributed by atoms with Crippen LogP contribution in [-0.4, -0.2) is 68.9 Å². The summed E-state index contributed by atoms with van der Waals surface area (Å²) in [7, 11) is 2.54. The van der Waals surface area contributed by atoms with Gasteiger partial charge in [0.15, 0.2) is 0 Å². The minimum Gasteiger partial charge on any atom is -0.468 e. The monoisotopic (exact) mass is 328 g/mol. The van der Waals surface area contributed by atoms with Crippen molar-refractivity contribution in [2.45, 2.75) is 26.4 Å². The Morgan fingerprint density at radius 1 is 0.957 bits per heavy atom. The third-order valence-corrected chi connectivity index (χ3v) is 4.50. The highest BCUT2D eigenvalue weighted by Crippen LogP contribution is 2.51. The van der Waals surface area contributed by atoms with E-state index in [0.717, 1.165) is 0 Å². The van der Waals surface area contributed by atoms with E-state index in [9.17, 15) is 14.4 Å². The van der Waals surface area contributed by atoms with E-state index in [1.165, 1.54) is 19.1 Å². The Morgan fingerprint density at radius 2 is 1.39 bits per heavy atom. The number of methoxy groups -OCH3 is 2. The molecule has 0 aromatic rings. The molecule has 2 atom stereocenters. The third-order valence-electron chi connectivity index (χ3n) is 4.50. The van der Waals surface area contributed by atoms with Crippen molar-refractivity contribution >= 4 is 18.0 Å². The van der Waals surface area contributed by atoms with Gasteiger partial charge in [0.1, 0.15) is 16.4 Å². The molecule has 2 saturated heterocycles. The fourth-order valence-corrected chi connectivity index (χ4v) is 3.46. The van der Waals surface area contributed by atoms with Gasteiger partial charge in [0.2, 0.25) is 0 Å². The topological polar surface area (TPSA) is 94.2 Å². The summed E-state index contributed by atoms with van der Waals surface area (Å²) in [6.45, 7) is 5.87. The SMILES string of the molecule is COC(=O)[C@]12CNC[C@]1(C(=O)OC)CN(C(=O)OC(C)(C)C)C2. The molecule has 2 rings (SSSR count). The van der Waals surface area contributed by atoms with Crippen molar-refractivity contribution in [2.75, 3.05) is 40.4 Å². The molecule has 0 bridgehead atoms. The van der Waals surface area contributed by atoms with Gasteiger partial charge in [-0.3, -0.25) is 9.59 Å². The number of esters is 2. The molecule has 0 aliphatic carbocycles. The lowest BCUT2D eigenvalue weighted by atomic mass is 9.68. The lowest BCUT2D eigenvalue weighted by Gasteiger charge is -2.32. The van der Waals surface area contributed by atoms with Crippen LogP contribution in [0.3, 0.4) is 0 Å². The zero-order valence-electron chi connectivity index (χ0n) is 14.2. The molecule has 0 spiro atoms. The first kappa shape index (κ1) is 17.5. The number of carbonyl (C=O) groups is 3. The van der Waals surface area contributed by atoms with Gasteiger partial charge in [0.25, 0.3) is 0 Å². The van der Waals surface area contributed by atoms with Gasteiger partial charge in [-0.05, 0) is 20.8 Å². The Morgan fingerprint density at radius 3 is 1.74 bits per heavy atom. The quantitative estimate of drug-likeness (QED) is 0.570. The minimum atomic E-state index is -1.16. The van der Waals surface area contributed by atoms with Crippen LogP contribution in [0, 0.1) is 10.8 Å². The van der Waals surface area contributed by atoms with E-state index < -0.39 is 34.5 Å². The van der Waals surface area contributed by atoms with Crippen molar-refractivity contribution in [3.05, 3.63) is 0 Å². The number of fused-ring (bicyclic) bond motifs is 1. The Balaban J connectivity index is 2.37. The number of nitrogens with zero attached hydrogens (tertiary/aromatic N) is 1. The van der Waals surface area contributed by atoms with Crippen LogP contribution in [-0.2, 0) is 23.8 Å². The van der Waals surface area contributed by atoms with Crippen LogP contribution in [0.2, 0.25) is 0 Å². The molecule has 0 aromatic carbocycles. The van der Waals surface area contributed by atoms with E-state index in [0.29, 0.717) is 0 Å². The molecule has 130 valence electrons. The summed E-state index contributed by atoms with van der Waals surface area (Å²) in [5, 5.41) is 3.06. The standard InChI is InChI=1S/C15H24N2O6/c1-13(2,3)23-12(20)17-8-14(10(18)21-4)6-16-7-15(14,9-17)11(19)22-5/h16H,6-9H2,1-5H3/t14-,15-/m1/s1. The summed E-state index contributed by atoms with van der Waals surface area (Å²) in [4.78, 5) is 38.7. The molecular weight excluding hydrogens is 304 g/mol. The fraction of sp³-hybridized carbons (Fsp3) is 0.800. The van der Waals surface area contributed by atoms with Crippen LogP contribution in [0.5, 0.6) is 0 Å². The highest BCUT2D eigenvalue weighted by molar-refractivity contribution is 5.92. The first-order chi connectivity index (χ1) is 10.6. The Bertz CT molecular complexity index is 497. The molecule has 8 nitrogen and oxygen atoms in total. The molecule has 23 heavy (non-hydrogen) atoms. The second-order valence-electron chi connectivity index (χ2n) is 7.09. The summed E-state index contributed by atoms with van der Waals surface area (Å²) in [6, 6.07) is 0. The highest BCUT2D eigenvalue weighted by atomic mass is 16.6. The molecule has 0 radical (unpaired) electrons. The molecule has 2 aliphatic rings. The van der Waals surface area contributed by atoms with Crippen molar-refractivity contribution < 1.29 is 28.6 Å². The largest absolute Gasteiger partial charge is 0.468 e. The Labute approximate surface area is 135 Å². The Kier molecular flexibility index (Phi) is 4.32. The van der Waals surface area contributed by atoms with E-state index >= 15 is 0 Å². The van der Waals surface area contributed by atoms with Crippen LogP contribution in [0.25, 0.3) is 0 Å². The number of carbonyl (C=O) groups excluding carboxylic acids is 3. The summed E-state index contributed by atoms with van der Waals surface area (Å²) >= 11 is 0. The predicted octanol–water partition coefficient (Wildman–Crippen LogP) is 0.159. The zero-order valence-corrected chi connectivity index (χ0v) is 14.2. The first-order valence-electron chi connectivity index (χ1n) is 7.47. The van der Waals surface area contributed by atoms with Crippen LogP contribution in [0.1, 0.15) is 20.8 Å². The number of ether oxygens (including phenoxy) is 3. The second-order valence-corrected chi connectivity index (χ2v) is 7.09. The van der Waals surface area contributed by atoms with Crippen LogP contribution < -0.4 is 5.32 Å². The predicted molar refractivity (Wildman–Crippen MR) is 79.6 cm³/mol. The van der Waals surface area contributed by atoms with Crippen molar-refractivity contribution in [1.82, 2.24) is 10.2 Å². The summed E-state index contributed by atoms with van der Waals surface area (Å²) < 4.78 is 15.2. The average Bonchev–Trinajstić information content (AvgIpc) is 2.97. The van der Waals surface area contributed by atoms with E-state index in [1.54, 1.807) is 20.8 Å². The molecular formula is C15H24N2O6. The van der Waals surface area contributed by atoms with Gasteiger partial charge in [-0.15, -0.1) is 0 Å². The van der Waals surface area contributed by atoms with Crippen LogP contribution in [0.4, 0.5) is 4.79 Å². The smallest absolute Gasteiger partial charge is 0.410 e. The third kappa shape index (κ3) is 2.65. The molecule has 2 fully saturated rings. The van der Waals surface area contributed by atoms with E-state index in [4.69, 9.17) is 14.2 Å². The highest BCUT2D eigenvalue weighted by Gasteiger charge is 2.71. The van der Waals surface area contributed by atoms with Crippen LogP contribution in [0.15, 0.2) is 0 Å². The number of nitrogens with one attached hydrogen (secondary N) is 1. The van der Waals surface area contributed by atoms with Crippen LogP contribution >= 0.6 is 0 Å². The summed E-state index contributed by atoms with van der Waals surface area (Å²) in [5.74, 6) is -1.06. The van der Waals surface area contributed by atoms with Gasteiger partial charge < -0.3 is 24.4 Å². The first-order valence-corrected chi connectivity index (χ1v) is 7.47. The molecule has 1 amide bonds. The Hall–Kier alpha value is -1.83. The average molecular weight is 328 g/mol. The van der Waals surface area contributed by atoms with E-state index in [-0.39, 0.29) is 26.2 Å². The number of hydrogen-bond donors (Lipinski definition) is 1. The maximum atomic E-state index is 12.4. The van der Waals surface area contributed by atoms with Gasteiger partial charge in [0, 0.05) is 26.2 Å². The molecule has 2 heterocycles.